The van der Waals surface area contributed by atoms with Crippen LogP contribution in [-0.2, 0) is 7.05 Å². The third kappa shape index (κ3) is 1.64. The monoisotopic (exact) mass is 242 g/mol. The number of benzene rings is 1. The van der Waals surface area contributed by atoms with Crippen LogP contribution in [0, 0.1) is 12.7 Å². The summed E-state index contributed by atoms with van der Waals surface area (Å²) in [5.74, 6) is -0.281. The first-order valence-electron chi connectivity index (χ1n) is 5.58. The Kier molecular flexibility index (Phi) is 2.33. The summed E-state index contributed by atoms with van der Waals surface area (Å²) in [6.45, 7) is 1.92. The first kappa shape index (κ1) is 10.8. The summed E-state index contributed by atoms with van der Waals surface area (Å²) in [7, 11) is 1.80. The van der Waals surface area contributed by atoms with Crippen LogP contribution in [0.1, 0.15) is 5.56 Å². The van der Waals surface area contributed by atoms with Gasteiger partial charge in [-0.15, -0.1) is 5.10 Å². The van der Waals surface area contributed by atoms with E-state index in [1.165, 1.54) is 6.07 Å². The molecule has 1 aromatic carbocycles. The van der Waals surface area contributed by atoms with Crippen LogP contribution < -0.4 is 0 Å². The zero-order valence-corrected chi connectivity index (χ0v) is 10.1. The predicted molar refractivity (Wildman–Crippen MR) is 66.4 cm³/mol. The molecule has 4 nitrogen and oxygen atoms in total. The van der Waals surface area contributed by atoms with Crippen molar-refractivity contribution in [3.05, 3.63) is 41.7 Å². The van der Waals surface area contributed by atoms with E-state index in [0.717, 1.165) is 11.1 Å². The van der Waals surface area contributed by atoms with Crippen LogP contribution in [0.4, 0.5) is 4.39 Å². The van der Waals surface area contributed by atoms with E-state index in [9.17, 15) is 4.39 Å². The Hall–Kier alpha value is -2.30. The summed E-state index contributed by atoms with van der Waals surface area (Å²) < 4.78 is 15.4. The van der Waals surface area contributed by atoms with E-state index in [2.05, 4.69) is 15.3 Å². The van der Waals surface area contributed by atoms with Gasteiger partial charge in [0, 0.05) is 12.6 Å². The fraction of sp³-hybridized carbons (Fsp3) is 0.154. The number of hydrogen-bond donors (Lipinski definition) is 0. The van der Waals surface area contributed by atoms with Gasteiger partial charge in [0.2, 0.25) is 5.65 Å². The smallest absolute Gasteiger partial charge is 0.202 e. The molecule has 0 N–H and O–H groups in total. The van der Waals surface area contributed by atoms with Gasteiger partial charge in [-0.1, -0.05) is 16.8 Å². The lowest BCUT2D eigenvalue weighted by Gasteiger charge is -2.03. The van der Waals surface area contributed by atoms with Gasteiger partial charge in [0.1, 0.15) is 11.3 Å². The van der Waals surface area contributed by atoms with E-state index in [0.29, 0.717) is 16.9 Å². The number of halogens is 1. The number of hydrogen-bond acceptors (Lipinski definition) is 3. The fourth-order valence-corrected chi connectivity index (χ4v) is 1.91. The van der Waals surface area contributed by atoms with Gasteiger partial charge in [-0.25, -0.2) is 14.1 Å². The summed E-state index contributed by atoms with van der Waals surface area (Å²) in [4.78, 5) is 4.33. The van der Waals surface area contributed by atoms with E-state index in [-0.39, 0.29) is 5.82 Å². The summed E-state index contributed by atoms with van der Waals surface area (Å²) in [5.41, 5.74) is 3.40. The maximum absolute atomic E-state index is 13.8. The first-order valence-corrected chi connectivity index (χ1v) is 5.58. The van der Waals surface area contributed by atoms with Gasteiger partial charge in [0.15, 0.2) is 0 Å². The lowest BCUT2D eigenvalue weighted by atomic mass is 10.1. The number of rotatable bonds is 1. The lowest BCUT2D eigenvalue weighted by Crippen LogP contribution is -1.91. The molecule has 18 heavy (non-hydrogen) atoms. The van der Waals surface area contributed by atoms with Crippen LogP contribution in [0.25, 0.3) is 22.4 Å². The lowest BCUT2D eigenvalue weighted by molar-refractivity contribution is 0.630. The van der Waals surface area contributed by atoms with Crippen LogP contribution in [0.15, 0.2) is 30.3 Å². The van der Waals surface area contributed by atoms with Gasteiger partial charge in [-0.05, 0) is 31.2 Å². The highest BCUT2D eigenvalue weighted by molar-refractivity contribution is 5.74. The second kappa shape index (κ2) is 3.87. The Morgan fingerprint density at radius 3 is 2.83 bits per heavy atom. The number of fused-ring (bicyclic) bond motifs is 1. The molecule has 0 amide bonds. The fourth-order valence-electron chi connectivity index (χ4n) is 1.91. The molecule has 90 valence electrons. The Morgan fingerprint density at radius 2 is 2.00 bits per heavy atom. The molecule has 0 atom stereocenters. The van der Waals surface area contributed by atoms with E-state index < -0.39 is 0 Å². The normalized spacial score (nSPS) is 11.1. The van der Waals surface area contributed by atoms with Gasteiger partial charge in [-0.2, -0.15) is 0 Å². The second-order valence-corrected chi connectivity index (χ2v) is 4.24. The van der Waals surface area contributed by atoms with Crippen molar-refractivity contribution in [2.75, 3.05) is 0 Å². The topological polar surface area (TPSA) is 43.6 Å². The van der Waals surface area contributed by atoms with E-state index in [1.807, 2.05) is 13.0 Å². The SMILES string of the molecule is Cc1ccc(F)c(-c2ccc3c(nnn3C)n2)c1. The van der Waals surface area contributed by atoms with Crippen LogP contribution >= 0.6 is 0 Å². The largest absolute Gasteiger partial charge is 0.246 e. The molecule has 0 aliphatic heterocycles. The Morgan fingerprint density at radius 1 is 1.17 bits per heavy atom. The van der Waals surface area contributed by atoms with Gasteiger partial charge >= 0.3 is 0 Å². The Balaban J connectivity index is 2.22. The molecule has 0 radical (unpaired) electrons. The van der Waals surface area contributed by atoms with Crippen molar-refractivity contribution in [1.29, 1.82) is 0 Å². The highest BCUT2D eigenvalue weighted by atomic mass is 19.1. The first-order chi connectivity index (χ1) is 8.65. The minimum Gasteiger partial charge on any atom is -0.246 e. The molecule has 0 saturated heterocycles. The van der Waals surface area contributed by atoms with Gasteiger partial charge in [0.05, 0.1) is 5.69 Å². The number of nitrogens with zero attached hydrogens (tertiary/aromatic N) is 4. The Labute approximate surface area is 103 Å². The zero-order chi connectivity index (χ0) is 12.7. The molecule has 0 aliphatic carbocycles. The molecule has 0 spiro atoms. The maximum Gasteiger partial charge on any atom is 0.202 e. The van der Waals surface area contributed by atoms with Crippen molar-refractivity contribution in [1.82, 2.24) is 20.0 Å². The quantitative estimate of drug-likeness (QED) is 0.658. The highest BCUT2D eigenvalue weighted by Crippen LogP contribution is 2.23. The van der Waals surface area contributed by atoms with Crippen molar-refractivity contribution in [3.8, 4) is 11.3 Å². The second-order valence-electron chi connectivity index (χ2n) is 4.24. The average Bonchev–Trinajstić information content (AvgIpc) is 2.74. The van der Waals surface area contributed by atoms with Crippen LogP contribution in [0.5, 0.6) is 0 Å². The molecule has 0 saturated carbocycles. The van der Waals surface area contributed by atoms with E-state index >= 15 is 0 Å². The number of aromatic nitrogens is 4. The van der Waals surface area contributed by atoms with E-state index in [4.69, 9.17) is 0 Å². The third-order valence-electron chi connectivity index (χ3n) is 2.87. The number of pyridine rings is 1. The minimum absolute atomic E-state index is 0.281. The molecule has 2 heterocycles. The molecule has 0 bridgehead atoms. The van der Waals surface area contributed by atoms with Crippen molar-refractivity contribution in [2.24, 2.45) is 7.05 Å². The Bertz CT molecular complexity index is 733. The molecule has 3 aromatic rings. The summed E-state index contributed by atoms with van der Waals surface area (Å²) >= 11 is 0. The van der Waals surface area contributed by atoms with Crippen molar-refractivity contribution in [2.45, 2.75) is 6.92 Å². The van der Waals surface area contributed by atoms with Crippen LogP contribution in [-0.4, -0.2) is 20.0 Å². The van der Waals surface area contributed by atoms with Gasteiger partial charge in [0.25, 0.3) is 0 Å². The van der Waals surface area contributed by atoms with E-state index in [1.54, 1.807) is 29.9 Å². The molecule has 3 rings (SSSR count). The molecule has 0 aliphatic rings. The van der Waals surface area contributed by atoms with Crippen molar-refractivity contribution in [3.63, 3.8) is 0 Å². The molecule has 5 heteroatoms. The van der Waals surface area contributed by atoms with Gasteiger partial charge in [-0.3, -0.25) is 0 Å². The predicted octanol–water partition coefficient (Wildman–Crippen LogP) is 2.48. The van der Waals surface area contributed by atoms with Crippen molar-refractivity contribution >= 4 is 11.2 Å². The third-order valence-corrected chi connectivity index (χ3v) is 2.87. The maximum atomic E-state index is 13.8. The molecule has 0 fully saturated rings. The highest BCUT2D eigenvalue weighted by Gasteiger charge is 2.09. The van der Waals surface area contributed by atoms with Gasteiger partial charge < -0.3 is 0 Å². The molecule has 2 aromatic heterocycles. The van der Waals surface area contributed by atoms with Crippen molar-refractivity contribution < 1.29 is 4.39 Å². The van der Waals surface area contributed by atoms with Crippen LogP contribution in [0.2, 0.25) is 0 Å². The zero-order valence-electron chi connectivity index (χ0n) is 10.1. The summed E-state index contributed by atoms with van der Waals surface area (Å²) in [5, 5.41) is 7.82. The summed E-state index contributed by atoms with van der Waals surface area (Å²) in [6, 6.07) is 8.59. The minimum atomic E-state index is -0.281. The number of aryl methyl sites for hydroxylation is 2. The van der Waals surface area contributed by atoms with Crippen LogP contribution in [0.3, 0.4) is 0 Å². The molecule has 0 unspecified atom stereocenters. The molecular weight excluding hydrogens is 231 g/mol. The summed E-state index contributed by atoms with van der Waals surface area (Å²) in [6.07, 6.45) is 0. The molecular formula is C13H11FN4. The average molecular weight is 242 g/mol. The standard InChI is InChI=1S/C13H11FN4/c1-8-3-4-10(14)9(7-8)11-5-6-12-13(15-11)16-17-18(12)2/h3-7H,1-2H3.